The summed E-state index contributed by atoms with van der Waals surface area (Å²) in [6, 6.07) is 16.9. The van der Waals surface area contributed by atoms with Crippen molar-refractivity contribution in [2.45, 2.75) is 26.0 Å². The molecule has 4 bridgehead atoms. The van der Waals surface area contributed by atoms with Crippen molar-refractivity contribution in [1.29, 1.82) is 0 Å². The first-order valence-corrected chi connectivity index (χ1v) is 11.7. The molecule has 5 N–H and O–H groups in total. The highest BCUT2D eigenvalue weighted by molar-refractivity contribution is 6.39. The number of nitrogens with one attached hydrogen (secondary N) is 3. The van der Waals surface area contributed by atoms with Crippen LogP contribution in [0.2, 0.25) is 10.0 Å². The van der Waals surface area contributed by atoms with Gasteiger partial charge in [0.1, 0.15) is 11.9 Å². The molecule has 5 rings (SSSR count). The highest BCUT2D eigenvalue weighted by Crippen LogP contribution is 2.34. The van der Waals surface area contributed by atoms with Crippen molar-refractivity contribution in [3.05, 3.63) is 81.8 Å². The lowest BCUT2D eigenvalue weighted by Gasteiger charge is -2.22. The number of nitrogens with zero attached hydrogens (tertiary/aromatic N) is 1. The van der Waals surface area contributed by atoms with Crippen LogP contribution in [0.3, 0.4) is 0 Å². The number of benzene rings is 3. The van der Waals surface area contributed by atoms with E-state index in [9.17, 15) is 4.79 Å². The van der Waals surface area contributed by atoms with E-state index in [1.54, 1.807) is 36.4 Å². The van der Waals surface area contributed by atoms with Gasteiger partial charge in [0.2, 0.25) is 0 Å². The molecular weight excluding hydrogens is 489 g/mol. The fourth-order valence-electron chi connectivity index (χ4n) is 3.45. The number of hydrazine groups is 1. The van der Waals surface area contributed by atoms with Gasteiger partial charge in [-0.3, -0.25) is 15.6 Å². The zero-order valence-electron chi connectivity index (χ0n) is 19.1. The Bertz CT molecular complexity index is 1230. The van der Waals surface area contributed by atoms with E-state index >= 15 is 0 Å². The smallest absolute Gasteiger partial charge is 0.265 e. The average molecular weight is 514 g/mol. The molecular formula is C25H25Cl2N5O3. The summed E-state index contributed by atoms with van der Waals surface area (Å²) in [5.74, 6) is 0.941. The Morgan fingerprint density at radius 2 is 1.86 bits per heavy atom. The predicted octanol–water partition coefficient (Wildman–Crippen LogP) is 5.13. The number of halogens is 2. The lowest BCUT2D eigenvalue weighted by atomic mass is 10.0. The SMILES string of the molecule is CC(C)Oc1ccc2cc1OC/N=C(/N)c1ccc(cc1)NC2C(=O)NNc1c(Cl)cccc1Cl. The number of hydrogen-bond acceptors (Lipinski definition) is 7. The average Bonchev–Trinajstić information content (AvgIpc) is 2.84. The summed E-state index contributed by atoms with van der Waals surface area (Å²) in [5.41, 5.74) is 14.1. The summed E-state index contributed by atoms with van der Waals surface area (Å²) in [4.78, 5) is 17.7. The zero-order valence-corrected chi connectivity index (χ0v) is 20.7. The van der Waals surface area contributed by atoms with Crippen LogP contribution in [0.5, 0.6) is 11.5 Å². The Kier molecular flexibility index (Phi) is 7.53. The van der Waals surface area contributed by atoms with Crippen LogP contribution >= 0.6 is 23.2 Å². The Balaban J connectivity index is 1.69. The van der Waals surface area contributed by atoms with Crippen molar-refractivity contribution < 1.29 is 14.3 Å². The topological polar surface area (TPSA) is 110 Å². The number of carbonyl (C=O) groups is 1. The summed E-state index contributed by atoms with van der Waals surface area (Å²) >= 11 is 12.4. The molecule has 0 fully saturated rings. The van der Waals surface area contributed by atoms with Gasteiger partial charge in [-0.05, 0) is 67.9 Å². The number of amidine groups is 1. The molecule has 0 saturated heterocycles. The maximum absolute atomic E-state index is 13.4. The lowest BCUT2D eigenvalue weighted by molar-refractivity contribution is -0.121. The molecule has 2 aliphatic heterocycles. The Hall–Kier alpha value is -3.62. The van der Waals surface area contributed by atoms with Crippen LogP contribution in [0.25, 0.3) is 0 Å². The van der Waals surface area contributed by atoms with Gasteiger partial charge in [0.05, 0.1) is 21.8 Å². The molecule has 8 nitrogen and oxygen atoms in total. The van der Waals surface area contributed by atoms with Gasteiger partial charge < -0.3 is 20.5 Å². The van der Waals surface area contributed by atoms with Crippen LogP contribution in [0.4, 0.5) is 11.4 Å². The van der Waals surface area contributed by atoms with E-state index in [2.05, 4.69) is 21.2 Å². The summed E-state index contributed by atoms with van der Waals surface area (Å²) in [5, 5.41) is 4.01. The van der Waals surface area contributed by atoms with Crippen LogP contribution in [0.15, 0.2) is 65.7 Å². The minimum atomic E-state index is -0.802. The van der Waals surface area contributed by atoms with Crippen molar-refractivity contribution in [3.8, 4) is 11.5 Å². The van der Waals surface area contributed by atoms with Crippen LogP contribution in [0.1, 0.15) is 31.0 Å². The standard InChI is InChI=1S/C25H25Cl2N5O3/c1-14(2)35-20-11-8-16-12-21(20)34-13-29-24(28)15-6-9-17(10-7-15)30-22(16)25(33)32-31-23-18(26)4-3-5-19(23)27/h3-12,14,22,30-31H,13H2,1-2H3,(H2,28,29)(H,32,33). The van der Waals surface area contributed by atoms with Gasteiger partial charge in [0.15, 0.2) is 18.2 Å². The fraction of sp³-hybridized carbons (Fsp3) is 0.200. The second kappa shape index (κ2) is 10.8. The maximum Gasteiger partial charge on any atom is 0.265 e. The molecule has 0 spiro atoms. The van der Waals surface area contributed by atoms with E-state index in [4.69, 9.17) is 38.4 Å². The van der Waals surface area contributed by atoms with E-state index in [1.165, 1.54) is 0 Å². The number of fused-ring (bicyclic) bond motifs is 5. The van der Waals surface area contributed by atoms with Gasteiger partial charge in [0, 0.05) is 11.3 Å². The van der Waals surface area contributed by atoms with Gasteiger partial charge in [-0.25, -0.2) is 4.99 Å². The maximum atomic E-state index is 13.4. The number of amides is 1. The number of anilines is 2. The van der Waals surface area contributed by atoms with E-state index < -0.39 is 6.04 Å². The number of aliphatic imine (C=N–C) groups is 1. The second-order valence-electron chi connectivity index (χ2n) is 8.06. The number of para-hydroxylation sites is 1. The van der Waals surface area contributed by atoms with E-state index in [1.807, 2.05) is 38.1 Å². The first-order valence-electron chi connectivity index (χ1n) is 10.9. The van der Waals surface area contributed by atoms with Crippen molar-refractivity contribution in [2.75, 3.05) is 17.5 Å². The lowest BCUT2D eigenvalue weighted by Crippen LogP contribution is -2.37. The molecule has 1 amide bonds. The van der Waals surface area contributed by atoms with Crippen LogP contribution in [-0.2, 0) is 4.79 Å². The minimum absolute atomic E-state index is 0.0116. The Morgan fingerprint density at radius 3 is 2.54 bits per heavy atom. The quantitative estimate of drug-likeness (QED) is 0.352. The van der Waals surface area contributed by atoms with Crippen molar-refractivity contribution in [2.24, 2.45) is 10.7 Å². The van der Waals surface area contributed by atoms with Gasteiger partial charge in [-0.2, -0.15) is 0 Å². The number of rotatable bonds is 5. The first-order chi connectivity index (χ1) is 16.8. The summed E-state index contributed by atoms with van der Waals surface area (Å²) in [6.07, 6.45) is -0.0731. The van der Waals surface area contributed by atoms with Crippen LogP contribution < -0.4 is 31.4 Å². The number of carbonyl (C=O) groups excluding carboxylic acids is 1. The molecule has 2 heterocycles. The number of ether oxygens (including phenoxy) is 2. The predicted molar refractivity (Wildman–Crippen MR) is 139 cm³/mol. The third kappa shape index (κ3) is 5.90. The largest absolute Gasteiger partial charge is 0.487 e. The zero-order chi connectivity index (χ0) is 24.9. The molecule has 2 aliphatic rings. The summed E-state index contributed by atoms with van der Waals surface area (Å²) in [7, 11) is 0. The summed E-state index contributed by atoms with van der Waals surface area (Å²) in [6.45, 7) is 3.83. The highest BCUT2D eigenvalue weighted by Gasteiger charge is 2.24. The molecule has 1 unspecified atom stereocenters. The van der Waals surface area contributed by atoms with Crippen LogP contribution in [-0.4, -0.2) is 24.6 Å². The van der Waals surface area contributed by atoms with Crippen molar-refractivity contribution in [3.63, 3.8) is 0 Å². The third-order valence-corrected chi connectivity index (χ3v) is 5.78. The number of nitrogens with two attached hydrogens (primary N) is 1. The van der Waals surface area contributed by atoms with Gasteiger partial charge in [-0.1, -0.05) is 35.3 Å². The molecule has 1 atom stereocenters. The molecule has 0 radical (unpaired) electrons. The van der Waals surface area contributed by atoms with Crippen LogP contribution in [0, 0.1) is 0 Å². The molecule has 0 aliphatic carbocycles. The van der Waals surface area contributed by atoms with Gasteiger partial charge in [-0.15, -0.1) is 0 Å². The van der Waals surface area contributed by atoms with E-state index in [-0.39, 0.29) is 18.7 Å². The first kappa shape index (κ1) is 24.5. The monoisotopic (exact) mass is 513 g/mol. The Labute approximate surface area is 213 Å². The molecule has 0 saturated carbocycles. The highest BCUT2D eigenvalue weighted by atomic mass is 35.5. The molecule has 0 aromatic heterocycles. The fourth-order valence-corrected chi connectivity index (χ4v) is 3.94. The van der Waals surface area contributed by atoms with E-state index in [0.29, 0.717) is 44.3 Å². The van der Waals surface area contributed by atoms with Gasteiger partial charge in [0.25, 0.3) is 5.91 Å². The summed E-state index contributed by atoms with van der Waals surface area (Å²) < 4.78 is 11.8. The Morgan fingerprint density at radius 1 is 1.14 bits per heavy atom. The second-order valence-corrected chi connectivity index (χ2v) is 8.87. The molecule has 35 heavy (non-hydrogen) atoms. The van der Waals surface area contributed by atoms with Crippen molar-refractivity contribution in [1.82, 2.24) is 5.43 Å². The normalized spacial score (nSPS) is 16.5. The van der Waals surface area contributed by atoms with Gasteiger partial charge >= 0.3 is 0 Å². The molecule has 10 heteroatoms. The molecule has 3 aromatic rings. The number of hydrogen-bond donors (Lipinski definition) is 4. The van der Waals surface area contributed by atoms with E-state index in [0.717, 1.165) is 5.56 Å². The minimum Gasteiger partial charge on any atom is -0.487 e. The molecule has 3 aromatic carbocycles. The third-order valence-electron chi connectivity index (χ3n) is 5.15. The van der Waals surface area contributed by atoms with Crippen molar-refractivity contribution >= 4 is 46.3 Å². The molecule has 182 valence electrons.